The number of unbranched alkanes of at least 4 members (excludes halogenated alkanes) is 2. The van der Waals surface area contributed by atoms with E-state index < -0.39 is 5.97 Å². The minimum Gasteiger partial charge on any atom is -0.481 e. The first kappa shape index (κ1) is 15.4. The van der Waals surface area contributed by atoms with E-state index >= 15 is 0 Å². The van der Waals surface area contributed by atoms with Crippen molar-refractivity contribution in [2.24, 2.45) is 0 Å². The number of nitrogens with zero attached hydrogens (tertiary/aromatic N) is 2. The number of hydrogen-bond acceptors (Lipinski definition) is 6. The van der Waals surface area contributed by atoms with Gasteiger partial charge < -0.3 is 20.3 Å². The lowest BCUT2D eigenvalue weighted by Crippen LogP contribution is -2.25. The number of carbonyl (C=O) groups is 2. The molecule has 0 bridgehead atoms. The lowest BCUT2D eigenvalue weighted by molar-refractivity contribution is -0.137. The molecule has 0 spiro atoms. The zero-order valence-corrected chi connectivity index (χ0v) is 11.8. The highest BCUT2D eigenvalue weighted by molar-refractivity contribution is 5.90. The van der Waals surface area contributed by atoms with Gasteiger partial charge in [0.2, 0.25) is 5.89 Å². The second-order valence-electron chi connectivity index (χ2n) is 5.07. The van der Waals surface area contributed by atoms with Gasteiger partial charge in [0.1, 0.15) is 0 Å². The van der Waals surface area contributed by atoms with Crippen LogP contribution in [0.25, 0.3) is 0 Å². The Morgan fingerprint density at radius 2 is 2.24 bits per heavy atom. The molecule has 1 fully saturated rings. The largest absolute Gasteiger partial charge is 0.481 e. The molecule has 0 aromatic carbocycles. The van der Waals surface area contributed by atoms with Crippen LogP contribution < -0.4 is 10.6 Å². The van der Waals surface area contributed by atoms with Crippen molar-refractivity contribution in [2.75, 3.05) is 13.1 Å². The lowest BCUT2D eigenvalue weighted by Gasteiger charge is -2.02. The summed E-state index contributed by atoms with van der Waals surface area (Å²) < 4.78 is 5.09. The summed E-state index contributed by atoms with van der Waals surface area (Å²) in [6.45, 7) is 1.40. The minimum atomic E-state index is -0.793. The summed E-state index contributed by atoms with van der Waals surface area (Å²) in [4.78, 5) is 26.2. The topological polar surface area (TPSA) is 117 Å². The van der Waals surface area contributed by atoms with Crippen LogP contribution in [0, 0.1) is 0 Å². The van der Waals surface area contributed by atoms with Gasteiger partial charge in [0.05, 0.1) is 6.04 Å². The van der Waals surface area contributed by atoms with Gasteiger partial charge in [-0.25, -0.2) is 0 Å². The molecule has 0 aliphatic carbocycles. The number of rotatable bonds is 8. The molecule has 1 amide bonds. The van der Waals surface area contributed by atoms with Gasteiger partial charge in [-0.1, -0.05) is 11.6 Å². The Morgan fingerprint density at radius 1 is 1.38 bits per heavy atom. The third kappa shape index (κ3) is 4.82. The quantitative estimate of drug-likeness (QED) is 0.609. The molecule has 2 heterocycles. The van der Waals surface area contributed by atoms with Crippen molar-refractivity contribution in [3.8, 4) is 0 Å². The molecule has 2 rings (SSSR count). The fraction of sp³-hybridized carbons (Fsp3) is 0.692. The second kappa shape index (κ2) is 7.72. The van der Waals surface area contributed by atoms with E-state index in [1.807, 2.05) is 0 Å². The van der Waals surface area contributed by atoms with E-state index in [9.17, 15) is 9.59 Å². The zero-order chi connectivity index (χ0) is 15.1. The number of carboxylic acids is 1. The van der Waals surface area contributed by atoms with Crippen molar-refractivity contribution in [3.63, 3.8) is 0 Å². The van der Waals surface area contributed by atoms with E-state index in [-0.39, 0.29) is 24.2 Å². The minimum absolute atomic E-state index is 0.0456. The zero-order valence-electron chi connectivity index (χ0n) is 11.8. The van der Waals surface area contributed by atoms with Crippen LogP contribution in [-0.4, -0.2) is 40.2 Å². The van der Waals surface area contributed by atoms with Crippen molar-refractivity contribution in [3.05, 3.63) is 11.7 Å². The van der Waals surface area contributed by atoms with E-state index in [4.69, 9.17) is 9.63 Å². The Labute approximate surface area is 122 Å². The van der Waals surface area contributed by atoms with Gasteiger partial charge in [0.25, 0.3) is 11.7 Å². The molecule has 1 atom stereocenters. The van der Waals surface area contributed by atoms with Gasteiger partial charge in [-0.2, -0.15) is 4.98 Å². The normalized spacial score (nSPS) is 17.8. The smallest absolute Gasteiger partial charge is 0.303 e. The first-order valence-electron chi connectivity index (χ1n) is 7.24. The highest BCUT2D eigenvalue weighted by atomic mass is 16.5. The maximum Gasteiger partial charge on any atom is 0.303 e. The van der Waals surface area contributed by atoms with Crippen LogP contribution in [0.1, 0.15) is 61.1 Å². The van der Waals surface area contributed by atoms with E-state index in [0.717, 1.165) is 32.2 Å². The number of aliphatic carboxylic acids is 1. The maximum absolute atomic E-state index is 11.8. The van der Waals surface area contributed by atoms with Crippen molar-refractivity contribution < 1.29 is 19.2 Å². The van der Waals surface area contributed by atoms with Gasteiger partial charge in [-0.05, 0) is 32.2 Å². The van der Waals surface area contributed by atoms with Gasteiger partial charge in [0.15, 0.2) is 0 Å². The molecule has 0 radical (unpaired) electrons. The molecule has 1 saturated heterocycles. The number of nitrogens with one attached hydrogen (secondary N) is 2. The van der Waals surface area contributed by atoms with Gasteiger partial charge in [0, 0.05) is 13.0 Å². The van der Waals surface area contributed by atoms with E-state index in [1.165, 1.54) is 0 Å². The van der Waals surface area contributed by atoms with Crippen LogP contribution in [0.3, 0.4) is 0 Å². The van der Waals surface area contributed by atoms with Crippen LogP contribution in [0.4, 0.5) is 0 Å². The molecule has 3 N–H and O–H groups in total. The standard InChI is InChI=1S/C13H20N4O4/c18-10(19)6-2-1-3-7-15-12(20)11-16-13(21-17-11)9-5-4-8-14-9/h9,14H,1-8H2,(H,15,20)(H,18,19). The summed E-state index contributed by atoms with van der Waals surface area (Å²) in [7, 11) is 0. The summed E-state index contributed by atoms with van der Waals surface area (Å²) in [5, 5.41) is 18.1. The molecule has 1 aromatic heterocycles. The van der Waals surface area contributed by atoms with Crippen molar-refractivity contribution >= 4 is 11.9 Å². The number of hydrogen-bond donors (Lipinski definition) is 3. The molecule has 1 unspecified atom stereocenters. The van der Waals surface area contributed by atoms with Gasteiger partial charge >= 0.3 is 5.97 Å². The highest BCUT2D eigenvalue weighted by Gasteiger charge is 2.24. The molecule has 8 heteroatoms. The first-order valence-corrected chi connectivity index (χ1v) is 7.24. The van der Waals surface area contributed by atoms with Gasteiger partial charge in [-0.3, -0.25) is 9.59 Å². The fourth-order valence-electron chi connectivity index (χ4n) is 2.22. The molecule has 1 aliphatic rings. The average Bonchev–Trinajstić information content (AvgIpc) is 3.11. The molecular formula is C13H20N4O4. The Morgan fingerprint density at radius 3 is 2.95 bits per heavy atom. The number of carbonyl (C=O) groups excluding carboxylic acids is 1. The van der Waals surface area contributed by atoms with Crippen molar-refractivity contribution in [2.45, 2.75) is 44.6 Å². The van der Waals surface area contributed by atoms with Crippen molar-refractivity contribution in [1.29, 1.82) is 0 Å². The van der Waals surface area contributed by atoms with Crippen LogP contribution in [-0.2, 0) is 4.79 Å². The van der Waals surface area contributed by atoms with E-state index in [0.29, 0.717) is 18.9 Å². The Kier molecular flexibility index (Phi) is 5.68. The Hall–Kier alpha value is -1.96. The van der Waals surface area contributed by atoms with E-state index in [2.05, 4.69) is 20.8 Å². The fourth-order valence-corrected chi connectivity index (χ4v) is 2.22. The van der Waals surface area contributed by atoms with E-state index in [1.54, 1.807) is 0 Å². The number of aromatic nitrogens is 2. The van der Waals surface area contributed by atoms with Crippen molar-refractivity contribution in [1.82, 2.24) is 20.8 Å². The Balaban J connectivity index is 1.67. The van der Waals surface area contributed by atoms with Gasteiger partial charge in [-0.15, -0.1) is 0 Å². The predicted molar refractivity (Wildman–Crippen MR) is 72.7 cm³/mol. The SMILES string of the molecule is O=C(O)CCCCCNC(=O)c1noc(C2CCCN2)n1. The van der Waals surface area contributed by atoms with Crippen LogP contribution in [0.15, 0.2) is 4.52 Å². The maximum atomic E-state index is 11.8. The van der Waals surface area contributed by atoms with Crippen LogP contribution >= 0.6 is 0 Å². The third-order valence-electron chi connectivity index (χ3n) is 3.36. The monoisotopic (exact) mass is 296 g/mol. The summed E-state index contributed by atoms with van der Waals surface area (Å²) in [6, 6.07) is 0.0510. The lowest BCUT2D eigenvalue weighted by atomic mass is 10.2. The molecular weight excluding hydrogens is 276 g/mol. The second-order valence-corrected chi connectivity index (χ2v) is 5.07. The molecule has 8 nitrogen and oxygen atoms in total. The molecule has 0 saturated carbocycles. The molecule has 116 valence electrons. The molecule has 21 heavy (non-hydrogen) atoms. The number of amides is 1. The molecule has 1 aliphatic heterocycles. The van der Waals surface area contributed by atoms with Crippen LogP contribution in [0.5, 0.6) is 0 Å². The first-order chi connectivity index (χ1) is 10.2. The predicted octanol–water partition coefficient (Wildman–Crippen LogP) is 0.869. The molecule has 1 aromatic rings. The summed E-state index contributed by atoms with van der Waals surface area (Å²) in [5.74, 6) is -0.650. The van der Waals surface area contributed by atoms with Crippen LogP contribution in [0.2, 0.25) is 0 Å². The number of carboxylic acid groups (broad SMARTS) is 1. The summed E-state index contributed by atoms with van der Waals surface area (Å²) >= 11 is 0. The summed E-state index contributed by atoms with van der Waals surface area (Å²) in [6.07, 6.45) is 4.27. The average molecular weight is 296 g/mol. The highest BCUT2D eigenvalue weighted by Crippen LogP contribution is 2.20. The Bertz CT molecular complexity index is 482. The third-order valence-corrected chi connectivity index (χ3v) is 3.36. The summed E-state index contributed by atoms with van der Waals surface area (Å²) in [5.41, 5.74) is 0.